The van der Waals surface area contributed by atoms with E-state index in [9.17, 15) is 13.5 Å². The van der Waals surface area contributed by atoms with Crippen LogP contribution in [-0.2, 0) is 19.5 Å². The summed E-state index contributed by atoms with van der Waals surface area (Å²) < 4.78 is 41.3. The van der Waals surface area contributed by atoms with Gasteiger partial charge in [-0.05, 0) is 82.6 Å². The number of halogens is 1. The van der Waals surface area contributed by atoms with Crippen molar-refractivity contribution in [3.63, 3.8) is 0 Å². The molecule has 0 saturated carbocycles. The second-order valence-corrected chi connectivity index (χ2v) is 12.8. The van der Waals surface area contributed by atoms with E-state index >= 15 is 0 Å². The lowest BCUT2D eigenvalue weighted by atomic mass is 9.70. The lowest BCUT2D eigenvalue weighted by Crippen LogP contribution is -2.57. The second kappa shape index (κ2) is 7.81. The molecule has 3 fully saturated rings. The Hall–Kier alpha value is -0.510. The number of aliphatic hydroxyl groups excluding tert-OH is 1. The van der Waals surface area contributed by atoms with Crippen molar-refractivity contribution < 1.29 is 23.0 Å². The van der Waals surface area contributed by atoms with E-state index in [2.05, 4.69) is 22.9 Å². The zero-order valence-corrected chi connectivity index (χ0v) is 20.3. The van der Waals surface area contributed by atoms with Gasteiger partial charge in [-0.3, -0.25) is 0 Å². The van der Waals surface area contributed by atoms with Gasteiger partial charge in [-0.1, -0.05) is 15.9 Å². The average Bonchev–Trinajstić information content (AvgIpc) is 2.78. The Morgan fingerprint density at radius 3 is 2.37 bits per heavy atom. The van der Waals surface area contributed by atoms with Gasteiger partial charge in [0.25, 0.3) is 0 Å². The number of benzene rings is 1. The van der Waals surface area contributed by atoms with Crippen molar-refractivity contribution in [3.8, 4) is 0 Å². The molecule has 3 atom stereocenters. The smallest absolute Gasteiger partial charge is 0.243 e. The monoisotopic (exact) mass is 501 g/mol. The molecule has 3 saturated heterocycles. The summed E-state index contributed by atoms with van der Waals surface area (Å²) in [4.78, 5) is 0.331. The summed E-state index contributed by atoms with van der Waals surface area (Å²) in [6.07, 6.45) is 3.15. The Labute approximate surface area is 188 Å². The number of ether oxygens (including phenoxy) is 2. The molecule has 3 aliphatic heterocycles. The van der Waals surface area contributed by atoms with Crippen LogP contribution in [0.15, 0.2) is 33.6 Å². The van der Waals surface area contributed by atoms with Crippen molar-refractivity contribution in [2.24, 2.45) is 5.41 Å². The highest BCUT2D eigenvalue weighted by molar-refractivity contribution is 9.10. The highest BCUT2D eigenvalue weighted by Crippen LogP contribution is 2.49. The van der Waals surface area contributed by atoms with Crippen molar-refractivity contribution in [2.75, 3.05) is 19.7 Å². The first-order chi connectivity index (χ1) is 14.0. The Balaban J connectivity index is 1.47. The topological polar surface area (TPSA) is 76.1 Å². The minimum absolute atomic E-state index is 0.0821. The van der Waals surface area contributed by atoms with E-state index in [0.717, 1.165) is 30.2 Å². The summed E-state index contributed by atoms with van der Waals surface area (Å²) in [6.45, 7) is 7.56. The first-order valence-electron chi connectivity index (χ1n) is 10.7. The Morgan fingerprint density at radius 2 is 1.73 bits per heavy atom. The fourth-order valence-electron chi connectivity index (χ4n) is 5.00. The third-order valence-corrected chi connectivity index (χ3v) is 9.85. The molecule has 0 amide bonds. The van der Waals surface area contributed by atoms with Crippen LogP contribution in [0.4, 0.5) is 0 Å². The first kappa shape index (κ1) is 22.7. The molecule has 0 bridgehead atoms. The molecule has 0 aliphatic carbocycles. The molecule has 8 heteroatoms. The molecular weight excluding hydrogens is 470 g/mol. The van der Waals surface area contributed by atoms with E-state index in [1.165, 1.54) is 0 Å². The summed E-state index contributed by atoms with van der Waals surface area (Å²) in [5, 5.41) is 10.5. The summed E-state index contributed by atoms with van der Waals surface area (Å²) in [6, 6.07) is 6.80. The number of fused-ring (bicyclic) bond motifs is 1. The lowest BCUT2D eigenvalue weighted by Gasteiger charge is -2.52. The van der Waals surface area contributed by atoms with Crippen LogP contribution in [0.5, 0.6) is 0 Å². The maximum atomic E-state index is 13.0. The molecule has 1 spiro atoms. The van der Waals surface area contributed by atoms with Gasteiger partial charge >= 0.3 is 0 Å². The third kappa shape index (κ3) is 4.11. The Kier molecular flexibility index (Phi) is 5.91. The molecule has 0 unspecified atom stereocenters. The molecule has 1 N–H and O–H groups in total. The van der Waals surface area contributed by atoms with Crippen molar-refractivity contribution in [2.45, 2.75) is 81.2 Å². The molecular formula is C22H32BrNO5S. The van der Waals surface area contributed by atoms with E-state index in [-0.39, 0.29) is 11.5 Å². The van der Waals surface area contributed by atoms with Crippen molar-refractivity contribution in [1.82, 2.24) is 4.31 Å². The number of nitrogens with zero attached hydrogens (tertiary/aromatic N) is 1. The van der Waals surface area contributed by atoms with Gasteiger partial charge in [-0.2, -0.15) is 4.31 Å². The van der Waals surface area contributed by atoms with Gasteiger partial charge in [0.05, 0.1) is 34.9 Å². The van der Waals surface area contributed by atoms with Crippen LogP contribution >= 0.6 is 15.9 Å². The number of aliphatic hydroxyl groups is 1. The van der Waals surface area contributed by atoms with Crippen LogP contribution in [0.3, 0.4) is 0 Å². The highest BCUT2D eigenvalue weighted by atomic mass is 79.9. The quantitative estimate of drug-likeness (QED) is 0.668. The highest BCUT2D eigenvalue weighted by Gasteiger charge is 2.54. The first-order valence-corrected chi connectivity index (χ1v) is 12.9. The van der Waals surface area contributed by atoms with E-state index in [4.69, 9.17) is 9.47 Å². The van der Waals surface area contributed by atoms with E-state index in [1.807, 2.05) is 13.8 Å². The Bertz CT molecular complexity index is 879. The molecule has 0 radical (unpaired) electrons. The van der Waals surface area contributed by atoms with Gasteiger partial charge in [0.15, 0.2) is 0 Å². The number of piperidine rings is 1. The SMILES string of the molecule is CC1(C)O[C@H]2CC3(CCN(S(=O)(=O)c4ccc(Br)cc4)CC3)CO[C@]2(C)CC[C@@H]1O. The zero-order chi connectivity index (χ0) is 21.8. The van der Waals surface area contributed by atoms with Crippen molar-refractivity contribution in [3.05, 3.63) is 28.7 Å². The summed E-state index contributed by atoms with van der Waals surface area (Å²) in [5.74, 6) is 0. The number of hydrogen-bond acceptors (Lipinski definition) is 5. The van der Waals surface area contributed by atoms with Gasteiger partial charge in [0.1, 0.15) is 0 Å². The van der Waals surface area contributed by atoms with Gasteiger partial charge in [-0.15, -0.1) is 0 Å². The molecule has 3 heterocycles. The van der Waals surface area contributed by atoms with Gasteiger partial charge in [0.2, 0.25) is 10.0 Å². The molecule has 168 valence electrons. The minimum Gasteiger partial charge on any atom is -0.390 e. The molecule has 6 nitrogen and oxygen atoms in total. The van der Waals surface area contributed by atoms with E-state index < -0.39 is 27.3 Å². The van der Waals surface area contributed by atoms with E-state index in [0.29, 0.717) is 31.0 Å². The normalized spacial score (nSPS) is 34.3. The van der Waals surface area contributed by atoms with Crippen LogP contribution in [0.25, 0.3) is 0 Å². The molecule has 0 aromatic heterocycles. The molecule has 3 aliphatic rings. The van der Waals surface area contributed by atoms with Crippen LogP contribution in [-0.4, -0.2) is 60.9 Å². The predicted octanol–water partition coefficient (Wildman–Crippen LogP) is 3.72. The average molecular weight is 502 g/mol. The largest absolute Gasteiger partial charge is 0.390 e. The molecule has 4 rings (SSSR count). The van der Waals surface area contributed by atoms with Crippen LogP contribution in [0.2, 0.25) is 0 Å². The van der Waals surface area contributed by atoms with Crippen molar-refractivity contribution in [1.29, 1.82) is 0 Å². The van der Waals surface area contributed by atoms with E-state index in [1.54, 1.807) is 28.6 Å². The second-order valence-electron chi connectivity index (χ2n) is 9.93. The van der Waals surface area contributed by atoms with Crippen molar-refractivity contribution >= 4 is 26.0 Å². The maximum absolute atomic E-state index is 13.0. The standard InChI is InChI=1S/C22H32BrNO5S/c1-20(2)18(25)8-9-21(3)19(29-20)14-22(15-28-21)10-12-24(13-11-22)30(26,27)17-6-4-16(23)5-7-17/h4-7,18-19,25H,8-15H2,1-3H3/t18-,19-,21+/m0/s1. The van der Waals surface area contributed by atoms with Crippen LogP contribution < -0.4 is 0 Å². The van der Waals surface area contributed by atoms with Gasteiger partial charge < -0.3 is 14.6 Å². The van der Waals surface area contributed by atoms with Crippen LogP contribution in [0.1, 0.15) is 52.9 Å². The number of rotatable bonds is 2. The summed E-state index contributed by atoms with van der Waals surface area (Å²) in [7, 11) is -3.49. The van der Waals surface area contributed by atoms with Gasteiger partial charge in [0, 0.05) is 17.6 Å². The maximum Gasteiger partial charge on any atom is 0.243 e. The summed E-state index contributed by atoms with van der Waals surface area (Å²) in [5.41, 5.74) is -1.10. The lowest BCUT2D eigenvalue weighted by molar-refractivity contribution is -0.239. The minimum atomic E-state index is -3.49. The number of sulfonamides is 1. The zero-order valence-electron chi connectivity index (χ0n) is 17.9. The molecule has 1 aromatic carbocycles. The third-order valence-electron chi connectivity index (χ3n) is 7.40. The fraction of sp³-hybridized carbons (Fsp3) is 0.727. The van der Waals surface area contributed by atoms with Crippen LogP contribution in [0, 0.1) is 5.41 Å². The predicted molar refractivity (Wildman–Crippen MR) is 118 cm³/mol. The fourth-order valence-corrected chi connectivity index (χ4v) is 6.71. The summed E-state index contributed by atoms with van der Waals surface area (Å²) >= 11 is 3.36. The van der Waals surface area contributed by atoms with Gasteiger partial charge in [-0.25, -0.2) is 8.42 Å². The number of hydrogen-bond donors (Lipinski definition) is 1. The molecule has 30 heavy (non-hydrogen) atoms. The molecule has 1 aromatic rings. The Morgan fingerprint density at radius 1 is 1.10 bits per heavy atom.